The highest BCUT2D eigenvalue weighted by molar-refractivity contribution is 7.91. The van der Waals surface area contributed by atoms with Crippen LogP contribution in [0.25, 0.3) is 0 Å². The van der Waals surface area contributed by atoms with E-state index in [1.807, 2.05) is 30.3 Å². The molecule has 96 valence electrons. The maximum absolute atomic E-state index is 11.8. The molecule has 0 aliphatic heterocycles. The van der Waals surface area contributed by atoms with E-state index in [0.29, 0.717) is 0 Å². The first-order valence-corrected chi connectivity index (χ1v) is 7.57. The Kier molecular flexibility index (Phi) is 3.18. The van der Waals surface area contributed by atoms with Gasteiger partial charge >= 0.3 is 0 Å². The number of rotatable bonds is 4. The Labute approximate surface area is 107 Å². The number of sulfone groups is 1. The van der Waals surface area contributed by atoms with Gasteiger partial charge in [0, 0.05) is 19.3 Å². The van der Waals surface area contributed by atoms with Crippen molar-refractivity contribution in [3.05, 3.63) is 35.9 Å². The van der Waals surface area contributed by atoms with Crippen LogP contribution in [0.15, 0.2) is 30.3 Å². The van der Waals surface area contributed by atoms with Crippen molar-refractivity contribution in [2.75, 3.05) is 20.0 Å². The average Bonchev–Trinajstić information content (AvgIpc) is 3.00. The highest BCUT2D eigenvalue weighted by Crippen LogP contribution is 2.62. The molecule has 1 aliphatic rings. The predicted molar refractivity (Wildman–Crippen MR) is 67.7 cm³/mol. The zero-order valence-corrected chi connectivity index (χ0v) is 11.1. The largest absolute Gasteiger partial charge is 0.383 e. The Morgan fingerprint density at radius 1 is 1.39 bits per heavy atom. The minimum absolute atomic E-state index is 0.140. The first-order chi connectivity index (χ1) is 8.47. The molecule has 3 atom stereocenters. The summed E-state index contributed by atoms with van der Waals surface area (Å²) in [5.74, 6) is -0.293. The lowest BCUT2D eigenvalue weighted by Crippen LogP contribution is -2.17. The molecule has 0 unspecified atom stereocenters. The summed E-state index contributed by atoms with van der Waals surface area (Å²) >= 11 is 0. The third-order valence-electron chi connectivity index (χ3n) is 3.47. The summed E-state index contributed by atoms with van der Waals surface area (Å²) in [6.07, 6.45) is 1.18. The zero-order valence-electron chi connectivity index (χ0n) is 10.3. The van der Waals surface area contributed by atoms with Crippen molar-refractivity contribution in [3.63, 3.8) is 0 Å². The minimum Gasteiger partial charge on any atom is -0.383 e. The van der Waals surface area contributed by atoms with Crippen molar-refractivity contribution < 1.29 is 13.2 Å². The van der Waals surface area contributed by atoms with Gasteiger partial charge in [-0.15, -0.1) is 0 Å². The third kappa shape index (κ3) is 1.92. The molecule has 1 aliphatic carbocycles. The van der Waals surface area contributed by atoms with E-state index in [4.69, 9.17) is 4.74 Å². The molecule has 0 aromatic heterocycles. The van der Waals surface area contributed by atoms with E-state index >= 15 is 0 Å². The lowest BCUT2D eigenvalue weighted by atomic mass is 10.0. The van der Waals surface area contributed by atoms with E-state index in [9.17, 15) is 13.7 Å². The lowest BCUT2D eigenvalue weighted by molar-refractivity contribution is 0.162. The van der Waals surface area contributed by atoms with Gasteiger partial charge in [-0.1, -0.05) is 30.3 Å². The van der Waals surface area contributed by atoms with Crippen molar-refractivity contribution in [3.8, 4) is 6.07 Å². The number of hydrogen-bond donors (Lipinski definition) is 0. The first-order valence-electron chi connectivity index (χ1n) is 5.61. The van der Waals surface area contributed by atoms with Crippen LogP contribution in [0.2, 0.25) is 0 Å². The van der Waals surface area contributed by atoms with Crippen LogP contribution < -0.4 is 0 Å². The predicted octanol–water partition coefficient (Wildman–Crippen LogP) is 1.35. The van der Waals surface area contributed by atoms with Gasteiger partial charge in [-0.2, -0.15) is 5.26 Å². The second kappa shape index (κ2) is 4.38. The zero-order chi connectivity index (χ0) is 13.4. The van der Waals surface area contributed by atoms with Crippen LogP contribution in [0.5, 0.6) is 0 Å². The smallest absolute Gasteiger partial charge is 0.152 e. The van der Waals surface area contributed by atoms with Gasteiger partial charge in [0.1, 0.15) is 5.41 Å². The summed E-state index contributed by atoms with van der Waals surface area (Å²) in [7, 11) is -1.79. The van der Waals surface area contributed by atoms with Crippen LogP contribution in [0.1, 0.15) is 11.5 Å². The fraction of sp³-hybridized carbons (Fsp3) is 0.462. The average molecular weight is 265 g/mol. The molecule has 0 radical (unpaired) electrons. The molecule has 1 aromatic carbocycles. The second-order valence-corrected chi connectivity index (χ2v) is 6.89. The normalized spacial score (nSPS) is 30.7. The Morgan fingerprint density at radius 2 is 2.00 bits per heavy atom. The topological polar surface area (TPSA) is 67.2 Å². The molecule has 0 amide bonds. The quantitative estimate of drug-likeness (QED) is 0.824. The van der Waals surface area contributed by atoms with Crippen molar-refractivity contribution in [2.45, 2.75) is 11.2 Å². The van der Waals surface area contributed by atoms with Crippen molar-refractivity contribution in [1.82, 2.24) is 0 Å². The number of ether oxygens (including phenoxy) is 1. The summed E-state index contributed by atoms with van der Waals surface area (Å²) in [5, 5.41) is 8.69. The molecule has 1 fully saturated rings. The molecule has 0 spiro atoms. The van der Waals surface area contributed by atoms with Crippen molar-refractivity contribution >= 4 is 9.84 Å². The van der Waals surface area contributed by atoms with Crippen LogP contribution in [-0.4, -0.2) is 33.6 Å². The standard InChI is InChI=1S/C13H15NO3S/c1-17-9-13(8-14)11(12(13)18(2,15)16)10-6-4-3-5-7-10/h3-7,11-12H,9H2,1-2H3/t11-,12-,13+/m0/s1. The van der Waals surface area contributed by atoms with Gasteiger partial charge < -0.3 is 4.74 Å². The van der Waals surface area contributed by atoms with E-state index < -0.39 is 20.5 Å². The first kappa shape index (κ1) is 13.1. The highest BCUT2D eigenvalue weighted by atomic mass is 32.2. The van der Waals surface area contributed by atoms with E-state index in [1.54, 1.807) is 0 Å². The molecule has 0 N–H and O–H groups in total. The fourth-order valence-electron chi connectivity index (χ4n) is 2.74. The van der Waals surface area contributed by atoms with Gasteiger partial charge in [-0.3, -0.25) is 0 Å². The Balaban J connectivity index is 2.45. The molecule has 0 saturated heterocycles. The number of nitrogens with zero attached hydrogens (tertiary/aromatic N) is 1. The Bertz CT molecular complexity index is 576. The maximum Gasteiger partial charge on any atom is 0.152 e. The van der Waals surface area contributed by atoms with E-state index in [2.05, 4.69) is 6.07 Å². The van der Waals surface area contributed by atoms with Gasteiger partial charge in [0.2, 0.25) is 0 Å². The molecule has 4 nitrogen and oxygen atoms in total. The van der Waals surface area contributed by atoms with Crippen LogP contribution in [0.4, 0.5) is 0 Å². The second-order valence-electron chi connectivity index (χ2n) is 4.72. The Hall–Kier alpha value is -1.38. The molecule has 0 bridgehead atoms. The van der Waals surface area contributed by atoms with Crippen molar-refractivity contribution in [2.24, 2.45) is 5.41 Å². The van der Waals surface area contributed by atoms with Gasteiger partial charge in [-0.05, 0) is 5.56 Å². The van der Waals surface area contributed by atoms with Gasteiger partial charge in [0.25, 0.3) is 0 Å². The number of methoxy groups -OCH3 is 1. The summed E-state index contributed by atoms with van der Waals surface area (Å²) < 4.78 is 28.7. The van der Waals surface area contributed by atoms with Crippen molar-refractivity contribution in [1.29, 1.82) is 5.26 Å². The summed E-state index contributed by atoms with van der Waals surface area (Å²) in [4.78, 5) is 0. The molecule has 5 heteroatoms. The van der Waals surface area contributed by atoms with Crippen LogP contribution in [0, 0.1) is 16.7 Å². The van der Waals surface area contributed by atoms with E-state index in [0.717, 1.165) is 5.56 Å². The lowest BCUT2D eigenvalue weighted by Gasteiger charge is -2.06. The monoisotopic (exact) mass is 265 g/mol. The third-order valence-corrected chi connectivity index (χ3v) is 5.08. The Morgan fingerprint density at radius 3 is 2.44 bits per heavy atom. The molecular weight excluding hydrogens is 250 g/mol. The molecule has 2 rings (SSSR count). The molecule has 1 aromatic rings. The number of benzene rings is 1. The SMILES string of the molecule is COC[C@]1(C#N)[C@@H](c2ccccc2)[C@@H]1S(C)(=O)=O. The molecule has 0 heterocycles. The van der Waals surface area contributed by atoms with Gasteiger partial charge in [-0.25, -0.2) is 8.42 Å². The molecule has 18 heavy (non-hydrogen) atoms. The summed E-state index contributed by atoms with van der Waals surface area (Å²) in [6, 6.07) is 11.4. The molecular formula is C13H15NO3S. The van der Waals surface area contributed by atoms with E-state index in [1.165, 1.54) is 13.4 Å². The van der Waals surface area contributed by atoms with Crippen LogP contribution in [-0.2, 0) is 14.6 Å². The molecule has 1 saturated carbocycles. The highest BCUT2D eigenvalue weighted by Gasteiger charge is 2.71. The van der Waals surface area contributed by atoms with Crippen LogP contribution >= 0.6 is 0 Å². The maximum atomic E-state index is 11.8. The van der Waals surface area contributed by atoms with E-state index in [-0.39, 0.29) is 12.5 Å². The fourth-order valence-corrected chi connectivity index (χ4v) is 4.59. The van der Waals surface area contributed by atoms with Gasteiger partial charge in [0.05, 0.1) is 17.9 Å². The number of hydrogen-bond acceptors (Lipinski definition) is 4. The summed E-state index contributed by atoms with van der Waals surface area (Å²) in [5.41, 5.74) is -0.0597. The van der Waals surface area contributed by atoms with Gasteiger partial charge in [0.15, 0.2) is 9.84 Å². The van der Waals surface area contributed by atoms with Crippen LogP contribution in [0.3, 0.4) is 0 Å². The number of nitriles is 1. The minimum atomic E-state index is -3.27. The summed E-state index contributed by atoms with van der Waals surface area (Å²) in [6.45, 7) is 0.140.